The van der Waals surface area contributed by atoms with Gasteiger partial charge in [-0.1, -0.05) is 41.9 Å². The molecule has 42 heavy (non-hydrogen) atoms. The van der Waals surface area contributed by atoms with E-state index in [2.05, 4.69) is 15.3 Å². The topological polar surface area (TPSA) is 107 Å². The minimum Gasteiger partial charge on any atom is -0.492 e. The summed E-state index contributed by atoms with van der Waals surface area (Å²) in [5.41, 5.74) is 2.97. The Morgan fingerprint density at radius 1 is 1.10 bits per heavy atom. The van der Waals surface area contributed by atoms with Crippen molar-refractivity contribution < 1.29 is 28.5 Å². The van der Waals surface area contributed by atoms with Crippen LogP contribution in [0.25, 0.3) is 11.3 Å². The van der Waals surface area contributed by atoms with E-state index < -0.39 is 6.29 Å². The van der Waals surface area contributed by atoms with E-state index in [-0.39, 0.29) is 24.4 Å². The number of benzene rings is 2. The predicted molar refractivity (Wildman–Crippen MR) is 157 cm³/mol. The smallest absolute Gasteiger partial charge is 0.319 e. The minimum atomic E-state index is -0.505. The number of hydrogen-bond acceptors (Lipinski definition) is 8. The van der Waals surface area contributed by atoms with Gasteiger partial charge in [0.05, 0.1) is 16.9 Å². The molecule has 2 amide bonds. The zero-order valence-corrected chi connectivity index (χ0v) is 24.4. The number of amides is 2. The van der Waals surface area contributed by atoms with Crippen molar-refractivity contribution in [2.24, 2.45) is 7.05 Å². The van der Waals surface area contributed by atoms with Crippen LogP contribution in [-0.2, 0) is 37.3 Å². The molecular formula is C30H34ClN5O6. The highest BCUT2D eigenvalue weighted by Gasteiger charge is 2.23. The maximum Gasteiger partial charge on any atom is 0.319 e. The molecule has 1 N–H and O–H groups in total. The van der Waals surface area contributed by atoms with Crippen LogP contribution in [0.1, 0.15) is 12.5 Å². The lowest BCUT2D eigenvalue weighted by molar-refractivity contribution is -0.130. The summed E-state index contributed by atoms with van der Waals surface area (Å²) in [6, 6.07) is 15.2. The van der Waals surface area contributed by atoms with Gasteiger partial charge >= 0.3 is 5.95 Å². The Morgan fingerprint density at radius 2 is 1.88 bits per heavy atom. The fraction of sp³-hybridized carbons (Fsp3) is 0.367. The maximum absolute atomic E-state index is 12.7. The SMILES string of the molecule is CC(=O)N1CCN(CCOc2ccc(NC(=O)COC3=COC(Cc4ccccc4)O3)cc2-c2c(Cl)cnn2C)CC1. The van der Waals surface area contributed by atoms with E-state index in [4.69, 9.17) is 30.5 Å². The zero-order valence-electron chi connectivity index (χ0n) is 23.6. The number of nitrogens with zero attached hydrogens (tertiary/aromatic N) is 4. The molecule has 222 valence electrons. The number of hydrogen-bond donors (Lipinski definition) is 1. The Balaban J connectivity index is 1.16. The fourth-order valence-electron chi connectivity index (χ4n) is 4.82. The van der Waals surface area contributed by atoms with Crippen LogP contribution in [0.5, 0.6) is 5.75 Å². The molecule has 3 aromatic rings. The Bertz CT molecular complexity index is 1400. The second-order valence-electron chi connectivity index (χ2n) is 10.0. The van der Waals surface area contributed by atoms with Crippen LogP contribution in [-0.4, -0.2) is 83.6 Å². The molecule has 2 aromatic carbocycles. The summed E-state index contributed by atoms with van der Waals surface area (Å²) in [4.78, 5) is 28.4. The molecule has 1 atom stereocenters. The lowest BCUT2D eigenvalue weighted by atomic mass is 10.1. The molecule has 3 heterocycles. The van der Waals surface area contributed by atoms with Crippen LogP contribution < -0.4 is 10.1 Å². The summed E-state index contributed by atoms with van der Waals surface area (Å²) in [6.07, 6.45) is 2.99. The third kappa shape index (κ3) is 7.54. The van der Waals surface area contributed by atoms with Crippen molar-refractivity contribution in [1.82, 2.24) is 19.6 Å². The number of aromatic nitrogens is 2. The first-order valence-electron chi connectivity index (χ1n) is 13.8. The van der Waals surface area contributed by atoms with Crippen molar-refractivity contribution >= 4 is 29.1 Å². The van der Waals surface area contributed by atoms with Gasteiger partial charge in [0.2, 0.25) is 12.2 Å². The highest BCUT2D eigenvalue weighted by Crippen LogP contribution is 2.36. The molecule has 0 spiro atoms. The number of ether oxygens (including phenoxy) is 4. The van der Waals surface area contributed by atoms with Crippen LogP contribution in [0.2, 0.25) is 5.02 Å². The summed E-state index contributed by atoms with van der Waals surface area (Å²) in [5.74, 6) is 0.502. The van der Waals surface area contributed by atoms with Gasteiger partial charge < -0.3 is 29.2 Å². The van der Waals surface area contributed by atoms with Gasteiger partial charge in [-0.15, -0.1) is 0 Å². The highest BCUT2D eigenvalue weighted by molar-refractivity contribution is 6.33. The minimum absolute atomic E-state index is 0.104. The Hall–Kier alpha value is -4.22. The molecule has 2 aliphatic heterocycles. The molecule has 0 aliphatic carbocycles. The monoisotopic (exact) mass is 595 g/mol. The molecule has 0 radical (unpaired) electrons. The van der Waals surface area contributed by atoms with Gasteiger partial charge in [0.25, 0.3) is 5.91 Å². The van der Waals surface area contributed by atoms with E-state index in [0.717, 1.165) is 18.7 Å². The van der Waals surface area contributed by atoms with Crippen LogP contribution in [0.3, 0.4) is 0 Å². The van der Waals surface area contributed by atoms with Crippen molar-refractivity contribution in [3.8, 4) is 17.0 Å². The Kier molecular flexibility index (Phi) is 9.50. The molecule has 1 fully saturated rings. The van der Waals surface area contributed by atoms with Gasteiger partial charge in [-0.25, -0.2) is 0 Å². The first-order valence-corrected chi connectivity index (χ1v) is 14.1. The average molecular weight is 596 g/mol. The second-order valence-corrected chi connectivity index (χ2v) is 10.4. The number of halogens is 1. The number of carbonyl (C=O) groups excluding carboxylic acids is 2. The number of anilines is 1. The average Bonchev–Trinajstić information content (AvgIpc) is 3.58. The van der Waals surface area contributed by atoms with E-state index >= 15 is 0 Å². The molecular weight excluding hydrogens is 562 g/mol. The van der Waals surface area contributed by atoms with Crippen LogP contribution in [0.15, 0.2) is 66.9 Å². The first-order chi connectivity index (χ1) is 20.4. The normalized spacial score (nSPS) is 16.8. The predicted octanol–water partition coefficient (Wildman–Crippen LogP) is 3.65. The van der Waals surface area contributed by atoms with Gasteiger partial charge in [0.1, 0.15) is 12.4 Å². The quantitative estimate of drug-likeness (QED) is 0.358. The van der Waals surface area contributed by atoms with Crippen molar-refractivity contribution in [3.63, 3.8) is 0 Å². The molecule has 11 nitrogen and oxygen atoms in total. The summed E-state index contributed by atoms with van der Waals surface area (Å²) in [6.45, 7) is 5.54. The molecule has 1 unspecified atom stereocenters. The number of piperazine rings is 1. The number of nitrogens with one attached hydrogen (secondary N) is 1. The highest BCUT2D eigenvalue weighted by atomic mass is 35.5. The summed E-state index contributed by atoms with van der Waals surface area (Å²) < 4.78 is 24.5. The Labute approximate surface area is 249 Å². The van der Waals surface area contributed by atoms with E-state index in [1.54, 1.807) is 43.0 Å². The summed E-state index contributed by atoms with van der Waals surface area (Å²) in [7, 11) is 1.79. The van der Waals surface area contributed by atoms with Gasteiger partial charge in [-0.3, -0.25) is 19.2 Å². The van der Waals surface area contributed by atoms with Crippen molar-refractivity contribution in [1.29, 1.82) is 0 Å². The van der Waals surface area contributed by atoms with Crippen molar-refractivity contribution in [2.75, 3.05) is 51.3 Å². The summed E-state index contributed by atoms with van der Waals surface area (Å²) in [5, 5.41) is 7.57. The lowest BCUT2D eigenvalue weighted by Crippen LogP contribution is -2.48. The van der Waals surface area contributed by atoms with Gasteiger partial charge in [0.15, 0.2) is 12.9 Å². The number of rotatable bonds is 11. The van der Waals surface area contributed by atoms with Crippen LogP contribution in [0, 0.1) is 0 Å². The maximum atomic E-state index is 12.7. The van der Waals surface area contributed by atoms with Gasteiger partial charge in [0, 0.05) is 64.4 Å². The first kappa shape index (κ1) is 29.3. The molecule has 0 bridgehead atoms. The third-order valence-corrected chi connectivity index (χ3v) is 7.33. The number of aryl methyl sites for hydroxylation is 1. The van der Waals surface area contributed by atoms with E-state index in [1.165, 1.54) is 6.26 Å². The third-order valence-electron chi connectivity index (χ3n) is 7.05. The van der Waals surface area contributed by atoms with Crippen LogP contribution in [0.4, 0.5) is 5.69 Å². The zero-order chi connectivity index (χ0) is 29.5. The van der Waals surface area contributed by atoms with E-state index in [1.807, 2.05) is 35.2 Å². The van der Waals surface area contributed by atoms with Crippen molar-refractivity contribution in [3.05, 3.63) is 77.5 Å². The number of carbonyl (C=O) groups is 2. The fourth-order valence-corrected chi connectivity index (χ4v) is 5.09. The lowest BCUT2D eigenvalue weighted by Gasteiger charge is -2.34. The van der Waals surface area contributed by atoms with E-state index in [0.29, 0.717) is 60.4 Å². The van der Waals surface area contributed by atoms with Crippen molar-refractivity contribution in [2.45, 2.75) is 19.6 Å². The van der Waals surface area contributed by atoms with E-state index in [9.17, 15) is 9.59 Å². The largest absolute Gasteiger partial charge is 0.492 e. The molecule has 1 saturated heterocycles. The molecule has 2 aliphatic rings. The van der Waals surface area contributed by atoms with Gasteiger partial charge in [-0.2, -0.15) is 5.10 Å². The standard InChI is InChI=1S/C30H34ClN5O6/c1-21(37)36-12-10-35(11-13-36)14-15-39-26-9-8-23(17-24(26)30-25(31)18-32-34(30)2)33-27(38)19-40-29-20-41-28(42-29)16-22-6-4-3-5-7-22/h3-9,17-18,20,28H,10-16,19H2,1-2H3,(H,33,38). The molecule has 5 rings (SSSR count). The molecule has 0 saturated carbocycles. The van der Waals surface area contributed by atoms with Gasteiger partial charge in [-0.05, 0) is 23.8 Å². The van der Waals surface area contributed by atoms with Crippen LogP contribution >= 0.6 is 11.6 Å². The second kappa shape index (κ2) is 13.6. The molecule has 1 aromatic heterocycles. The summed E-state index contributed by atoms with van der Waals surface area (Å²) >= 11 is 6.47. The molecule has 12 heteroatoms. The Morgan fingerprint density at radius 3 is 2.60 bits per heavy atom.